The number of azo groups is 1. The van der Waals surface area contributed by atoms with Gasteiger partial charge in [0.05, 0.1) is 23.3 Å². The van der Waals surface area contributed by atoms with Crippen LogP contribution in [0.25, 0.3) is 0 Å². The average Bonchev–Trinajstić information content (AvgIpc) is 2.73. The molecule has 32 heavy (non-hydrogen) atoms. The first-order valence-electron chi connectivity index (χ1n) is 8.23. The molecule has 0 aliphatic carbocycles. The van der Waals surface area contributed by atoms with Crippen molar-refractivity contribution in [2.75, 3.05) is 0 Å². The molecular weight excluding hydrogens is 463 g/mol. The minimum absolute atomic E-state index is 0. The number of carbonyl (C=O) groups is 2. The van der Waals surface area contributed by atoms with Crippen molar-refractivity contribution in [3.63, 3.8) is 0 Å². The largest absolute Gasteiger partial charge is 2.00 e. The third kappa shape index (κ3) is 12.2. The van der Waals surface area contributed by atoms with Gasteiger partial charge in [-0.25, -0.2) is 0 Å². The molecule has 0 saturated carbocycles. The number of hydrogen-bond donors (Lipinski definition) is 0. The first-order chi connectivity index (χ1) is 13.6. The monoisotopic (exact) mass is 488 g/mol. The van der Waals surface area contributed by atoms with Crippen LogP contribution < -0.4 is 10.2 Å². The van der Waals surface area contributed by atoms with E-state index in [1.165, 1.54) is 0 Å². The van der Waals surface area contributed by atoms with Crippen molar-refractivity contribution in [1.29, 1.82) is 0 Å². The normalized spacial score (nSPS) is 9.03. The Balaban J connectivity index is -0.000000467. The summed E-state index contributed by atoms with van der Waals surface area (Å²) >= 11 is 0. The number of carboxylic acids is 2. The Kier molecular flexibility index (Phi) is 18.9. The SMILES string of the molecule is O=C([O-])C(Cc1ccccc1)C(=O)[O-].[Mn+2].[OH3+].[OH3+].[OH3+].c1cc(N=Nc2ccncc2)ccn1. The van der Waals surface area contributed by atoms with E-state index in [4.69, 9.17) is 0 Å². The van der Waals surface area contributed by atoms with Crippen LogP contribution in [0.2, 0.25) is 0 Å². The van der Waals surface area contributed by atoms with E-state index in [2.05, 4.69) is 20.2 Å². The van der Waals surface area contributed by atoms with Crippen LogP contribution in [0.5, 0.6) is 0 Å². The van der Waals surface area contributed by atoms with Gasteiger partial charge in [-0.3, -0.25) is 9.97 Å². The second-order valence-corrected chi connectivity index (χ2v) is 5.49. The maximum Gasteiger partial charge on any atom is 2.00 e. The van der Waals surface area contributed by atoms with E-state index in [9.17, 15) is 19.8 Å². The summed E-state index contributed by atoms with van der Waals surface area (Å²) in [5.74, 6) is -4.82. The van der Waals surface area contributed by atoms with Crippen LogP contribution >= 0.6 is 0 Å². The fourth-order valence-corrected chi connectivity index (χ4v) is 2.05. The van der Waals surface area contributed by atoms with Crippen LogP contribution in [0.4, 0.5) is 11.4 Å². The van der Waals surface area contributed by atoms with E-state index >= 15 is 0 Å². The van der Waals surface area contributed by atoms with Crippen LogP contribution in [-0.4, -0.2) is 21.9 Å². The number of aromatic nitrogens is 2. The molecule has 3 aromatic rings. The van der Waals surface area contributed by atoms with Gasteiger partial charge in [0.15, 0.2) is 0 Å². The molecule has 0 unspecified atom stereocenters. The Morgan fingerprint density at radius 3 is 1.44 bits per heavy atom. The summed E-state index contributed by atoms with van der Waals surface area (Å²) in [5, 5.41) is 28.9. The number of carboxylic acid groups (broad SMARTS) is 2. The Morgan fingerprint density at radius 2 is 1.09 bits per heavy atom. The summed E-state index contributed by atoms with van der Waals surface area (Å²) in [5.41, 5.74) is 2.21. The van der Waals surface area contributed by atoms with Crippen LogP contribution in [-0.2, 0) is 49.5 Å². The van der Waals surface area contributed by atoms with Crippen LogP contribution in [0.15, 0.2) is 89.6 Å². The maximum absolute atomic E-state index is 10.4. The average molecular weight is 488 g/mol. The minimum Gasteiger partial charge on any atom is -0.549 e. The van der Waals surface area contributed by atoms with E-state index in [0.29, 0.717) is 5.56 Å². The predicted octanol–water partition coefficient (Wildman–Crippen LogP) is -1.53. The summed E-state index contributed by atoms with van der Waals surface area (Å²) in [7, 11) is 0. The third-order valence-electron chi connectivity index (χ3n) is 3.46. The summed E-state index contributed by atoms with van der Waals surface area (Å²) in [6.45, 7) is 0. The van der Waals surface area contributed by atoms with Crippen molar-refractivity contribution in [2.24, 2.45) is 16.1 Å². The van der Waals surface area contributed by atoms with Gasteiger partial charge in [0.1, 0.15) is 0 Å². The molecule has 0 atom stereocenters. The number of rotatable bonds is 6. The Bertz CT molecular complexity index is 862. The molecule has 11 nitrogen and oxygen atoms in total. The van der Waals surface area contributed by atoms with Crippen molar-refractivity contribution >= 4 is 23.3 Å². The predicted molar refractivity (Wildman–Crippen MR) is 111 cm³/mol. The maximum atomic E-state index is 10.4. The standard InChI is InChI=1S/C10H8N4.C10H10O4.Mn.3H2O/c1-5-11-6-2-9(1)13-14-10-3-7-12-8-4-10;11-9(12)8(10(13)14)6-7-4-2-1-3-5-7;;;;/h1-8H;1-5,8H,6H2,(H,11,12)(H,13,14);;3*1H2/q;;+2;;;/p+1. The molecular formula is C20H25MnN4O7+3. The van der Waals surface area contributed by atoms with Crippen molar-refractivity contribution < 1.29 is 53.3 Å². The first kappa shape index (κ1) is 33.1. The molecule has 12 heteroatoms. The number of hydrogen-bond acceptors (Lipinski definition) is 8. The molecule has 3 rings (SSSR count). The Hall–Kier alpha value is -3.54. The zero-order chi connectivity index (χ0) is 20.2. The van der Waals surface area contributed by atoms with Crippen molar-refractivity contribution in [3.8, 4) is 0 Å². The Morgan fingerprint density at radius 1 is 0.719 bits per heavy atom. The van der Waals surface area contributed by atoms with Crippen LogP contribution in [0.1, 0.15) is 5.56 Å². The number of benzene rings is 1. The van der Waals surface area contributed by atoms with E-state index < -0.39 is 17.9 Å². The number of nitrogens with zero attached hydrogens (tertiary/aromatic N) is 4. The zero-order valence-electron chi connectivity index (χ0n) is 16.8. The van der Waals surface area contributed by atoms with E-state index in [-0.39, 0.29) is 39.9 Å². The Labute approximate surface area is 194 Å². The second kappa shape index (κ2) is 18.2. The van der Waals surface area contributed by atoms with Gasteiger partial charge in [0.2, 0.25) is 0 Å². The third-order valence-corrected chi connectivity index (χ3v) is 3.46. The van der Waals surface area contributed by atoms with Crippen molar-refractivity contribution in [3.05, 3.63) is 84.9 Å². The molecule has 9 N–H and O–H groups in total. The molecule has 0 bridgehead atoms. The number of aliphatic carboxylic acids is 2. The first-order valence-corrected chi connectivity index (χ1v) is 8.23. The van der Waals surface area contributed by atoms with E-state index in [1.807, 2.05) is 0 Å². The van der Waals surface area contributed by atoms with Gasteiger partial charge in [-0.2, -0.15) is 10.2 Å². The second-order valence-electron chi connectivity index (χ2n) is 5.49. The van der Waals surface area contributed by atoms with Crippen LogP contribution in [0.3, 0.4) is 0 Å². The van der Waals surface area contributed by atoms with Gasteiger partial charge < -0.3 is 36.2 Å². The van der Waals surface area contributed by atoms with Gasteiger partial charge in [-0.1, -0.05) is 30.3 Å². The smallest absolute Gasteiger partial charge is 0.549 e. The molecule has 0 saturated heterocycles. The van der Waals surface area contributed by atoms with Gasteiger partial charge in [-0.15, -0.1) is 0 Å². The van der Waals surface area contributed by atoms with E-state index in [0.717, 1.165) is 11.4 Å². The number of carbonyl (C=O) groups excluding carboxylic acids is 2. The summed E-state index contributed by atoms with van der Waals surface area (Å²) in [6, 6.07) is 15.7. The van der Waals surface area contributed by atoms with Gasteiger partial charge in [-0.05, 0) is 36.2 Å². The topological polar surface area (TPSA) is 230 Å². The minimum atomic E-state index is -1.62. The molecule has 0 spiro atoms. The molecule has 171 valence electrons. The van der Waals surface area contributed by atoms with Gasteiger partial charge in [0.25, 0.3) is 0 Å². The van der Waals surface area contributed by atoms with Crippen LogP contribution in [0, 0.1) is 5.92 Å². The molecule has 2 heterocycles. The fraction of sp³-hybridized carbons (Fsp3) is 0.100. The van der Waals surface area contributed by atoms with E-state index in [1.54, 1.807) is 79.4 Å². The van der Waals surface area contributed by atoms with Crippen molar-refractivity contribution in [2.45, 2.75) is 6.42 Å². The van der Waals surface area contributed by atoms with Gasteiger partial charge in [0, 0.05) is 30.7 Å². The quantitative estimate of drug-likeness (QED) is 0.173. The van der Waals surface area contributed by atoms with Gasteiger partial charge >= 0.3 is 17.1 Å². The molecule has 2 aromatic heterocycles. The summed E-state index contributed by atoms with van der Waals surface area (Å²) in [6.07, 6.45) is 6.62. The fourth-order valence-electron chi connectivity index (χ4n) is 2.05. The zero-order valence-corrected chi connectivity index (χ0v) is 18.0. The molecule has 0 fully saturated rings. The summed E-state index contributed by atoms with van der Waals surface area (Å²) < 4.78 is 0. The molecule has 0 amide bonds. The number of pyridine rings is 2. The summed E-state index contributed by atoms with van der Waals surface area (Å²) in [4.78, 5) is 28.6. The molecule has 0 aliphatic heterocycles. The molecule has 1 aromatic carbocycles. The molecule has 0 aliphatic rings. The van der Waals surface area contributed by atoms with Crippen molar-refractivity contribution in [1.82, 2.24) is 9.97 Å². The molecule has 1 radical (unpaired) electrons.